The van der Waals surface area contributed by atoms with Crippen molar-refractivity contribution in [2.75, 3.05) is 39.4 Å². The topological polar surface area (TPSA) is 44.7 Å². The van der Waals surface area contributed by atoms with Crippen LogP contribution in [-0.2, 0) is 17.7 Å². The van der Waals surface area contributed by atoms with Crippen molar-refractivity contribution in [3.05, 3.63) is 35.4 Å². The molecule has 2 N–H and O–H groups in total. The third-order valence-electron chi connectivity index (χ3n) is 3.77. The van der Waals surface area contributed by atoms with Crippen LogP contribution in [0.15, 0.2) is 24.3 Å². The number of aliphatic hydroxyl groups is 1. The van der Waals surface area contributed by atoms with Gasteiger partial charge in [0.25, 0.3) is 0 Å². The van der Waals surface area contributed by atoms with E-state index in [1.54, 1.807) is 0 Å². The Morgan fingerprint density at radius 2 is 1.95 bits per heavy atom. The van der Waals surface area contributed by atoms with Gasteiger partial charge in [-0.05, 0) is 17.5 Å². The molecule has 1 fully saturated rings. The van der Waals surface area contributed by atoms with Crippen molar-refractivity contribution in [3.63, 3.8) is 0 Å². The van der Waals surface area contributed by atoms with E-state index in [0.29, 0.717) is 6.54 Å². The lowest BCUT2D eigenvalue weighted by atomic mass is 10.1. The standard InChI is InChI=1S/C16H26N2O2/c1-2-14-5-3-4-6-15(14)11-17-12-16(19)13-18-7-9-20-10-8-18/h3-6,16-17,19H,2,7-13H2,1H3. The molecule has 0 spiro atoms. The van der Waals surface area contributed by atoms with E-state index < -0.39 is 0 Å². The Labute approximate surface area is 121 Å². The van der Waals surface area contributed by atoms with Crippen LogP contribution in [0.3, 0.4) is 0 Å². The molecule has 112 valence electrons. The Bertz CT molecular complexity index is 392. The summed E-state index contributed by atoms with van der Waals surface area (Å²) in [6, 6.07) is 8.47. The molecule has 4 heteroatoms. The molecule has 1 heterocycles. The Balaban J connectivity index is 1.69. The molecule has 1 aromatic rings. The van der Waals surface area contributed by atoms with Gasteiger partial charge < -0.3 is 15.2 Å². The zero-order valence-electron chi connectivity index (χ0n) is 12.3. The van der Waals surface area contributed by atoms with E-state index in [-0.39, 0.29) is 6.10 Å². The SMILES string of the molecule is CCc1ccccc1CNCC(O)CN1CCOCC1. The average Bonchev–Trinajstić information content (AvgIpc) is 2.49. The van der Waals surface area contributed by atoms with Gasteiger partial charge in [0.2, 0.25) is 0 Å². The smallest absolute Gasteiger partial charge is 0.0791 e. The highest BCUT2D eigenvalue weighted by atomic mass is 16.5. The number of aliphatic hydroxyl groups excluding tert-OH is 1. The van der Waals surface area contributed by atoms with Crippen molar-refractivity contribution in [3.8, 4) is 0 Å². The average molecular weight is 278 g/mol. The minimum Gasteiger partial charge on any atom is -0.390 e. The van der Waals surface area contributed by atoms with E-state index in [0.717, 1.165) is 45.8 Å². The first-order valence-corrected chi connectivity index (χ1v) is 7.55. The number of aryl methyl sites for hydroxylation is 1. The Kier molecular flexibility index (Phi) is 6.47. The number of nitrogens with one attached hydrogen (secondary N) is 1. The molecule has 0 radical (unpaired) electrons. The fourth-order valence-electron chi connectivity index (χ4n) is 2.59. The van der Waals surface area contributed by atoms with Crippen LogP contribution >= 0.6 is 0 Å². The first-order valence-electron chi connectivity index (χ1n) is 7.55. The molecule has 0 aromatic heterocycles. The highest BCUT2D eigenvalue weighted by Crippen LogP contribution is 2.08. The molecule has 20 heavy (non-hydrogen) atoms. The maximum atomic E-state index is 10.1. The summed E-state index contributed by atoms with van der Waals surface area (Å²) in [6.07, 6.45) is 0.732. The van der Waals surface area contributed by atoms with Gasteiger partial charge in [0.05, 0.1) is 19.3 Å². The van der Waals surface area contributed by atoms with E-state index in [1.807, 2.05) is 0 Å². The monoisotopic (exact) mass is 278 g/mol. The molecule has 2 rings (SSSR count). The Morgan fingerprint density at radius 3 is 2.65 bits per heavy atom. The summed E-state index contributed by atoms with van der Waals surface area (Å²) in [5, 5.41) is 13.4. The van der Waals surface area contributed by atoms with Gasteiger partial charge in [0, 0.05) is 32.7 Å². The van der Waals surface area contributed by atoms with Gasteiger partial charge in [-0.15, -0.1) is 0 Å². The number of benzene rings is 1. The zero-order chi connectivity index (χ0) is 14.2. The number of morpholine rings is 1. The van der Waals surface area contributed by atoms with E-state index in [1.165, 1.54) is 11.1 Å². The van der Waals surface area contributed by atoms with Crippen LogP contribution in [0, 0.1) is 0 Å². The first kappa shape index (κ1) is 15.4. The zero-order valence-corrected chi connectivity index (χ0v) is 12.3. The Morgan fingerprint density at radius 1 is 1.25 bits per heavy atom. The molecule has 0 aliphatic carbocycles. The van der Waals surface area contributed by atoms with Crippen LogP contribution in [0.25, 0.3) is 0 Å². The van der Waals surface area contributed by atoms with Crippen LogP contribution < -0.4 is 5.32 Å². The van der Waals surface area contributed by atoms with Gasteiger partial charge in [-0.25, -0.2) is 0 Å². The fraction of sp³-hybridized carbons (Fsp3) is 0.625. The van der Waals surface area contributed by atoms with Crippen molar-refractivity contribution in [1.29, 1.82) is 0 Å². The summed E-state index contributed by atoms with van der Waals surface area (Å²) >= 11 is 0. The number of nitrogens with zero attached hydrogens (tertiary/aromatic N) is 1. The predicted molar refractivity (Wildman–Crippen MR) is 80.8 cm³/mol. The molecule has 1 aromatic carbocycles. The molecular formula is C16H26N2O2. The lowest BCUT2D eigenvalue weighted by molar-refractivity contribution is 0.0149. The number of β-amino-alcohol motifs (C(OH)–C–C–N with tert-alkyl or cyclic N) is 1. The molecule has 1 atom stereocenters. The van der Waals surface area contributed by atoms with E-state index in [4.69, 9.17) is 4.74 Å². The summed E-state index contributed by atoms with van der Waals surface area (Å²) < 4.78 is 5.31. The largest absolute Gasteiger partial charge is 0.390 e. The van der Waals surface area contributed by atoms with Crippen molar-refractivity contribution in [2.45, 2.75) is 26.0 Å². The summed E-state index contributed by atoms with van der Waals surface area (Å²) in [4.78, 5) is 2.26. The van der Waals surface area contributed by atoms with Gasteiger partial charge in [-0.2, -0.15) is 0 Å². The number of hydrogen-bond acceptors (Lipinski definition) is 4. The van der Waals surface area contributed by atoms with Gasteiger partial charge >= 0.3 is 0 Å². The quantitative estimate of drug-likeness (QED) is 0.782. The molecule has 4 nitrogen and oxygen atoms in total. The second kappa shape index (κ2) is 8.37. The highest BCUT2D eigenvalue weighted by molar-refractivity contribution is 5.26. The molecule has 0 bridgehead atoms. The molecule has 1 aliphatic heterocycles. The normalized spacial score (nSPS) is 18.1. The van der Waals surface area contributed by atoms with E-state index in [2.05, 4.69) is 41.4 Å². The fourth-order valence-corrected chi connectivity index (χ4v) is 2.59. The van der Waals surface area contributed by atoms with Gasteiger partial charge in [0.15, 0.2) is 0 Å². The molecule has 0 saturated carbocycles. The van der Waals surface area contributed by atoms with E-state index in [9.17, 15) is 5.11 Å². The maximum absolute atomic E-state index is 10.1. The molecule has 1 unspecified atom stereocenters. The highest BCUT2D eigenvalue weighted by Gasteiger charge is 2.14. The van der Waals surface area contributed by atoms with Crippen LogP contribution in [0.4, 0.5) is 0 Å². The lowest BCUT2D eigenvalue weighted by Crippen LogP contribution is -2.43. The van der Waals surface area contributed by atoms with Crippen LogP contribution in [-0.4, -0.2) is 55.5 Å². The summed E-state index contributed by atoms with van der Waals surface area (Å²) in [7, 11) is 0. The van der Waals surface area contributed by atoms with Crippen molar-refractivity contribution in [2.24, 2.45) is 0 Å². The van der Waals surface area contributed by atoms with Crippen molar-refractivity contribution in [1.82, 2.24) is 10.2 Å². The third-order valence-corrected chi connectivity index (χ3v) is 3.77. The molecular weight excluding hydrogens is 252 g/mol. The number of ether oxygens (including phenoxy) is 1. The third kappa shape index (κ3) is 4.87. The summed E-state index contributed by atoms with van der Waals surface area (Å²) in [6.45, 7) is 7.77. The van der Waals surface area contributed by atoms with Gasteiger partial charge in [-0.1, -0.05) is 31.2 Å². The van der Waals surface area contributed by atoms with Crippen molar-refractivity contribution < 1.29 is 9.84 Å². The molecule has 1 saturated heterocycles. The van der Waals surface area contributed by atoms with Crippen LogP contribution in [0.2, 0.25) is 0 Å². The minimum absolute atomic E-state index is 0.318. The summed E-state index contributed by atoms with van der Waals surface area (Å²) in [5.74, 6) is 0. The lowest BCUT2D eigenvalue weighted by Gasteiger charge is -2.28. The van der Waals surface area contributed by atoms with Crippen LogP contribution in [0.5, 0.6) is 0 Å². The molecule has 1 aliphatic rings. The van der Waals surface area contributed by atoms with E-state index >= 15 is 0 Å². The maximum Gasteiger partial charge on any atom is 0.0791 e. The second-order valence-electron chi connectivity index (χ2n) is 5.32. The van der Waals surface area contributed by atoms with Gasteiger partial charge in [-0.3, -0.25) is 4.90 Å². The number of rotatable bonds is 7. The van der Waals surface area contributed by atoms with Gasteiger partial charge in [0.1, 0.15) is 0 Å². The summed E-state index contributed by atoms with van der Waals surface area (Å²) in [5.41, 5.74) is 2.70. The van der Waals surface area contributed by atoms with Crippen molar-refractivity contribution >= 4 is 0 Å². The first-order chi connectivity index (χ1) is 9.79. The predicted octanol–water partition coefficient (Wildman–Crippen LogP) is 1.03. The minimum atomic E-state index is -0.318. The second-order valence-corrected chi connectivity index (χ2v) is 5.32. The Hall–Kier alpha value is -0.940. The number of hydrogen-bond donors (Lipinski definition) is 2. The molecule has 0 amide bonds. The van der Waals surface area contributed by atoms with Crippen LogP contribution in [0.1, 0.15) is 18.1 Å².